The number of carbonyl (C=O) groups is 3. The van der Waals surface area contributed by atoms with E-state index in [1.54, 1.807) is 36.7 Å². The van der Waals surface area contributed by atoms with Crippen LogP contribution < -0.4 is 9.47 Å². The fourth-order valence-electron chi connectivity index (χ4n) is 4.34. The standard InChI is InChI=1S/C34H42N2O7/c1-4-5-6-7-8-9-10-11-12-13-22-41-30-23-35-31(36-24-30)26-14-16-27(17-15-26)34(39)43-29-20-18-28(19-21-29)33(38)42-25(2)32(37)40-3/h14-21,23-25H,4-13,22H2,1-3H3/t25-/m1/s1. The van der Waals surface area contributed by atoms with Crippen LogP contribution in [-0.4, -0.2) is 47.7 Å². The van der Waals surface area contributed by atoms with Gasteiger partial charge < -0.3 is 18.9 Å². The first kappa shape index (κ1) is 33.2. The summed E-state index contributed by atoms with van der Waals surface area (Å²) >= 11 is 0. The number of carbonyl (C=O) groups excluding carboxylic acids is 3. The summed E-state index contributed by atoms with van der Waals surface area (Å²) < 4.78 is 20.8. The van der Waals surface area contributed by atoms with Crippen molar-refractivity contribution in [3.63, 3.8) is 0 Å². The van der Waals surface area contributed by atoms with Crippen LogP contribution in [0.4, 0.5) is 0 Å². The second-order valence-corrected chi connectivity index (χ2v) is 10.3. The van der Waals surface area contributed by atoms with Gasteiger partial charge in [-0.05, 0) is 49.7 Å². The maximum atomic E-state index is 12.6. The van der Waals surface area contributed by atoms with Crippen LogP contribution in [-0.2, 0) is 14.3 Å². The van der Waals surface area contributed by atoms with E-state index in [1.165, 1.54) is 96.1 Å². The summed E-state index contributed by atoms with van der Waals surface area (Å²) in [6, 6.07) is 12.6. The minimum Gasteiger partial charge on any atom is -0.490 e. The number of aromatic nitrogens is 2. The van der Waals surface area contributed by atoms with E-state index in [0.29, 0.717) is 23.7 Å². The zero-order chi connectivity index (χ0) is 30.9. The maximum absolute atomic E-state index is 12.6. The Kier molecular flexibility index (Phi) is 14.1. The van der Waals surface area contributed by atoms with Gasteiger partial charge in [0.25, 0.3) is 0 Å². The molecule has 0 saturated carbocycles. The number of benzene rings is 2. The van der Waals surface area contributed by atoms with Crippen LogP contribution in [0.2, 0.25) is 0 Å². The highest BCUT2D eigenvalue weighted by Gasteiger charge is 2.19. The first-order valence-electron chi connectivity index (χ1n) is 15.1. The van der Waals surface area contributed by atoms with E-state index in [1.807, 2.05) is 0 Å². The molecule has 43 heavy (non-hydrogen) atoms. The molecule has 0 bridgehead atoms. The van der Waals surface area contributed by atoms with Crippen LogP contribution in [0.25, 0.3) is 11.4 Å². The van der Waals surface area contributed by atoms with Gasteiger partial charge in [0.1, 0.15) is 5.75 Å². The molecule has 230 valence electrons. The molecule has 9 heteroatoms. The summed E-state index contributed by atoms with van der Waals surface area (Å²) in [6.07, 6.45) is 15.1. The van der Waals surface area contributed by atoms with Crippen LogP contribution in [0.1, 0.15) is 98.8 Å². The molecule has 0 unspecified atom stereocenters. The zero-order valence-corrected chi connectivity index (χ0v) is 25.4. The molecule has 2 aromatic carbocycles. The minimum atomic E-state index is -1.03. The summed E-state index contributed by atoms with van der Waals surface area (Å²) in [5, 5.41) is 0. The molecule has 1 heterocycles. The molecule has 3 rings (SSSR count). The fourth-order valence-corrected chi connectivity index (χ4v) is 4.34. The van der Waals surface area contributed by atoms with Gasteiger partial charge in [-0.25, -0.2) is 24.4 Å². The molecular weight excluding hydrogens is 548 g/mol. The van der Waals surface area contributed by atoms with Gasteiger partial charge in [-0.2, -0.15) is 0 Å². The van der Waals surface area contributed by atoms with E-state index in [2.05, 4.69) is 21.6 Å². The second-order valence-electron chi connectivity index (χ2n) is 10.3. The van der Waals surface area contributed by atoms with E-state index < -0.39 is 24.0 Å². The Morgan fingerprint density at radius 3 is 1.81 bits per heavy atom. The lowest BCUT2D eigenvalue weighted by molar-refractivity contribution is -0.149. The molecule has 0 aliphatic rings. The highest BCUT2D eigenvalue weighted by Crippen LogP contribution is 2.20. The Labute approximate surface area is 253 Å². The first-order valence-corrected chi connectivity index (χ1v) is 15.1. The van der Waals surface area contributed by atoms with Crippen molar-refractivity contribution in [1.82, 2.24) is 9.97 Å². The van der Waals surface area contributed by atoms with Crippen molar-refractivity contribution in [3.8, 4) is 22.9 Å². The average molecular weight is 591 g/mol. The number of rotatable bonds is 18. The van der Waals surface area contributed by atoms with Crippen LogP contribution >= 0.6 is 0 Å². The van der Waals surface area contributed by atoms with Gasteiger partial charge >= 0.3 is 17.9 Å². The lowest BCUT2D eigenvalue weighted by Gasteiger charge is -2.11. The van der Waals surface area contributed by atoms with Gasteiger partial charge in [0.15, 0.2) is 17.7 Å². The van der Waals surface area contributed by atoms with Gasteiger partial charge in [0, 0.05) is 5.56 Å². The Morgan fingerprint density at radius 1 is 0.698 bits per heavy atom. The minimum absolute atomic E-state index is 0.204. The number of esters is 3. The first-order chi connectivity index (χ1) is 20.9. The smallest absolute Gasteiger partial charge is 0.346 e. The number of hydrogen-bond acceptors (Lipinski definition) is 9. The lowest BCUT2D eigenvalue weighted by atomic mass is 10.1. The number of methoxy groups -OCH3 is 1. The highest BCUT2D eigenvalue weighted by molar-refractivity contribution is 5.93. The van der Waals surface area contributed by atoms with Gasteiger partial charge in [0.2, 0.25) is 0 Å². The SMILES string of the molecule is CCCCCCCCCCCCOc1cnc(-c2ccc(C(=O)Oc3ccc(C(=O)O[C@H](C)C(=O)OC)cc3)cc2)nc1. The molecule has 3 aromatic rings. The van der Waals surface area contributed by atoms with Crippen LogP contribution in [0, 0.1) is 0 Å². The number of hydrogen-bond donors (Lipinski definition) is 0. The van der Waals surface area contributed by atoms with Gasteiger partial charge in [-0.15, -0.1) is 0 Å². The van der Waals surface area contributed by atoms with Crippen LogP contribution in [0.5, 0.6) is 11.5 Å². The van der Waals surface area contributed by atoms with E-state index in [4.69, 9.17) is 14.2 Å². The van der Waals surface area contributed by atoms with Gasteiger partial charge in [0.05, 0.1) is 37.2 Å². The molecule has 0 spiro atoms. The Balaban J connectivity index is 1.39. The zero-order valence-electron chi connectivity index (χ0n) is 25.4. The third-order valence-corrected chi connectivity index (χ3v) is 6.89. The second kappa shape index (κ2) is 18.3. The lowest BCUT2D eigenvalue weighted by Crippen LogP contribution is -2.25. The molecule has 0 radical (unpaired) electrons. The van der Waals surface area contributed by atoms with Crippen molar-refractivity contribution >= 4 is 17.9 Å². The van der Waals surface area contributed by atoms with Crippen LogP contribution in [0.3, 0.4) is 0 Å². The summed E-state index contributed by atoms with van der Waals surface area (Å²) in [6.45, 7) is 4.32. The number of ether oxygens (including phenoxy) is 4. The van der Waals surface area contributed by atoms with Crippen molar-refractivity contribution in [2.45, 2.75) is 84.2 Å². The van der Waals surface area contributed by atoms with E-state index in [9.17, 15) is 14.4 Å². The summed E-state index contributed by atoms with van der Waals surface area (Å²) in [4.78, 5) is 45.0. The third kappa shape index (κ3) is 11.5. The third-order valence-electron chi connectivity index (χ3n) is 6.89. The van der Waals surface area contributed by atoms with Crippen molar-refractivity contribution in [2.75, 3.05) is 13.7 Å². The Morgan fingerprint density at radius 2 is 1.23 bits per heavy atom. The van der Waals surface area contributed by atoms with Crippen molar-refractivity contribution in [1.29, 1.82) is 0 Å². The molecule has 0 aliphatic carbocycles. The Bertz CT molecular complexity index is 1280. The Hall–Kier alpha value is -4.27. The summed E-state index contributed by atoms with van der Waals surface area (Å²) in [7, 11) is 1.21. The van der Waals surface area contributed by atoms with E-state index in [-0.39, 0.29) is 11.3 Å². The molecule has 0 amide bonds. The molecule has 0 aliphatic heterocycles. The summed E-state index contributed by atoms with van der Waals surface area (Å²) in [5.41, 5.74) is 1.30. The molecular formula is C34H42N2O7. The molecule has 0 saturated heterocycles. The van der Waals surface area contributed by atoms with Crippen molar-refractivity contribution < 1.29 is 33.3 Å². The predicted octanol–water partition coefficient (Wildman–Crippen LogP) is 7.38. The largest absolute Gasteiger partial charge is 0.490 e. The van der Waals surface area contributed by atoms with E-state index >= 15 is 0 Å². The normalized spacial score (nSPS) is 11.4. The number of nitrogens with zero attached hydrogens (tertiary/aromatic N) is 2. The van der Waals surface area contributed by atoms with Gasteiger partial charge in [-0.1, -0.05) is 76.8 Å². The topological polar surface area (TPSA) is 114 Å². The van der Waals surface area contributed by atoms with Crippen molar-refractivity contribution in [2.24, 2.45) is 0 Å². The molecule has 0 fully saturated rings. The van der Waals surface area contributed by atoms with E-state index in [0.717, 1.165) is 12.0 Å². The average Bonchev–Trinajstić information content (AvgIpc) is 3.03. The monoisotopic (exact) mass is 590 g/mol. The maximum Gasteiger partial charge on any atom is 0.346 e. The highest BCUT2D eigenvalue weighted by atomic mass is 16.6. The quantitative estimate of drug-likeness (QED) is 0.0850. The molecule has 1 aromatic heterocycles. The predicted molar refractivity (Wildman–Crippen MR) is 163 cm³/mol. The van der Waals surface area contributed by atoms with Crippen molar-refractivity contribution in [3.05, 3.63) is 72.1 Å². The molecule has 1 atom stereocenters. The van der Waals surface area contributed by atoms with Gasteiger partial charge in [-0.3, -0.25) is 0 Å². The summed E-state index contributed by atoms with van der Waals surface area (Å²) in [5.74, 6) is -0.492. The fraction of sp³-hybridized carbons (Fsp3) is 0.441. The molecule has 0 N–H and O–H groups in total. The van der Waals surface area contributed by atoms with Crippen LogP contribution in [0.15, 0.2) is 60.9 Å². The molecule has 9 nitrogen and oxygen atoms in total. The number of unbranched alkanes of at least 4 members (excludes halogenated alkanes) is 9.